The second-order valence-corrected chi connectivity index (χ2v) is 6.51. The van der Waals surface area contributed by atoms with Crippen LogP contribution < -0.4 is 10.2 Å². The van der Waals surface area contributed by atoms with Crippen molar-refractivity contribution in [2.45, 2.75) is 6.92 Å². The molecule has 112 valence electrons. The molecule has 22 heavy (non-hydrogen) atoms. The van der Waals surface area contributed by atoms with Crippen LogP contribution in [0.25, 0.3) is 16.6 Å². The van der Waals surface area contributed by atoms with Crippen molar-refractivity contribution in [1.29, 1.82) is 0 Å². The van der Waals surface area contributed by atoms with Crippen LogP contribution >= 0.6 is 0 Å². The molecular weight excluding hydrogens is 276 g/mol. The van der Waals surface area contributed by atoms with Gasteiger partial charge in [-0.05, 0) is 30.9 Å². The van der Waals surface area contributed by atoms with Crippen molar-refractivity contribution in [2.24, 2.45) is 11.8 Å². The molecule has 0 saturated carbocycles. The maximum absolute atomic E-state index is 4.89. The van der Waals surface area contributed by atoms with Crippen molar-refractivity contribution in [2.75, 3.05) is 31.1 Å². The summed E-state index contributed by atoms with van der Waals surface area (Å²) in [5, 5.41) is 8.98. The van der Waals surface area contributed by atoms with Gasteiger partial charge in [0, 0.05) is 31.6 Å². The number of hydrogen-bond donors (Lipinski definition) is 1. The normalized spacial score (nSPS) is 24.5. The van der Waals surface area contributed by atoms with E-state index in [0.717, 1.165) is 60.5 Å². The Kier molecular flexibility index (Phi) is 2.47. The number of benzene rings is 1. The molecule has 3 aromatic rings. The molecule has 1 aromatic carbocycles. The Morgan fingerprint density at radius 2 is 2.00 bits per heavy atom. The van der Waals surface area contributed by atoms with Crippen LogP contribution in [0.4, 0.5) is 5.95 Å². The summed E-state index contributed by atoms with van der Waals surface area (Å²) in [7, 11) is 0. The van der Waals surface area contributed by atoms with Gasteiger partial charge in [-0.3, -0.25) is 0 Å². The number of nitrogens with one attached hydrogen (secondary N) is 1. The van der Waals surface area contributed by atoms with E-state index in [0.29, 0.717) is 0 Å². The van der Waals surface area contributed by atoms with Crippen molar-refractivity contribution >= 4 is 22.5 Å². The highest BCUT2D eigenvalue weighted by Crippen LogP contribution is 2.31. The quantitative estimate of drug-likeness (QED) is 0.732. The van der Waals surface area contributed by atoms with Crippen molar-refractivity contribution in [1.82, 2.24) is 24.9 Å². The molecule has 2 aliphatic heterocycles. The Bertz CT molecular complexity index is 858. The summed E-state index contributed by atoms with van der Waals surface area (Å²) in [5.41, 5.74) is 3.11. The molecule has 5 rings (SSSR count). The molecule has 2 saturated heterocycles. The van der Waals surface area contributed by atoms with E-state index < -0.39 is 0 Å². The first-order valence-electron chi connectivity index (χ1n) is 7.85. The number of hydrogen-bond acceptors (Lipinski definition) is 5. The zero-order valence-corrected chi connectivity index (χ0v) is 12.5. The van der Waals surface area contributed by atoms with Crippen molar-refractivity contribution in [3.63, 3.8) is 0 Å². The van der Waals surface area contributed by atoms with Gasteiger partial charge in [0.05, 0.1) is 5.52 Å². The first-order chi connectivity index (χ1) is 10.8. The van der Waals surface area contributed by atoms with Crippen molar-refractivity contribution in [3.8, 4) is 0 Å². The first kappa shape index (κ1) is 12.3. The molecule has 4 heterocycles. The second-order valence-electron chi connectivity index (χ2n) is 6.51. The SMILES string of the molecule is Cc1ccc2nc(N3CC4CNCC4C3)n3ncnc3c2c1. The summed E-state index contributed by atoms with van der Waals surface area (Å²) in [6.07, 6.45) is 1.63. The highest BCUT2D eigenvalue weighted by molar-refractivity contribution is 5.92. The molecule has 1 N–H and O–H groups in total. The van der Waals surface area contributed by atoms with Crippen LogP contribution in [0.1, 0.15) is 5.56 Å². The Morgan fingerprint density at radius 3 is 2.82 bits per heavy atom. The van der Waals surface area contributed by atoms with Crippen molar-refractivity contribution in [3.05, 3.63) is 30.1 Å². The monoisotopic (exact) mass is 294 g/mol. The van der Waals surface area contributed by atoms with Gasteiger partial charge in [0.1, 0.15) is 6.33 Å². The molecule has 0 aliphatic carbocycles. The molecule has 6 heteroatoms. The minimum Gasteiger partial charge on any atom is -0.340 e. The lowest BCUT2D eigenvalue weighted by molar-refractivity contribution is 0.533. The highest BCUT2D eigenvalue weighted by Gasteiger charge is 2.37. The minimum atomic E-state index is 0.731. The summed E-state index contributed by atoms with van der Waals surface area (Å²) in [4.78, 5) is 11.7. The summed E-state index contributed by atoms with van der Waals surface area (Å²) in [6, 6.07) is 6.33. The third-order valence-electron chi connectivity index (χ3n) is 5.02. The maximum Gasteiger partial charge on any atom is 0.229 e. The van der Waals surface area contributed by atoms with E-state index in [2.05, 4.69) is 45.4 Å². The lowest BCUT2D eigenvalue weighted by atomic mass is 10.0. The lowest BCUT2D eigenvalue weighted by Gasteiger charge is -2.19. The molecule has 0 spiro atoms. The third kappa shape index (κ3) is 1.67. The fourth-order valence-electron chi connectivity index (χ4n) is 3.88. The number of rotatable bonds is 1. The van der Waals surface area contributed by atoms with E-state index in [1.807, 2.05) is 4.52 Å². The highest BCUT2D eigenvalue weighted by atomic mass is 15.4. The van der Waals surface area contributed by atoms with Crippen molar-refractivity contribution < 1.29 is 0 Å². The molecule has 0 radical (unpaired) electrons. The van der Waals surface area contributed by atoms with Crippen LogP contribution in [0, 0.1) is 18.8 Å². The van der Waals surface area contributed by atoms with E-state index in [4.69, 9.17) is 4.98 Å². The second kappa shape index (κ2) is 4.39. The average Bonchev–Trinajstić information content (AvgIpc) is 3.21. The predicted molar refractivity (Wildman–Crippen MR) is 85.1 cm³/mol. The van der Waals surface area contributed by atoms with E-state index >= 15 is 0 Å². The largest absolute Gasteiger partial charge is 0.340 e. The Hall–Kier alpha value is -2.21. The van der Waals surface area contributed by atoms with Gasteiger partial charge in [-0.2, -0.15) is 9.61 Å². The van der Waals surface area contributed by atoms with Gasteiger partial charge < -0.3 is 10.2 Å². The van der Waals surface area contributed by atoms with Crippen LogP contribution in [0.3, 0.4) is 0 Å². The van der Waals surface area contributed by atoms with Gasteiger partial charge in [-0.1, -0.05) is 11.6 Å². The molecule has 2 aromatic heterocycles. The van der Waals surface area contributed by atoms with E-state index in [1.54, 1.807) is 6.33 Å². The Morgan fingerprint density at radius 1 is 1.18 bits per heavy atom. The lowest BCUT2D eigenvalue weighted by Crippen LogP contribution is -2.28. The third-order valence-corrected chi connectivity index (χ3v) is 5.02. The Balaban J connectivity index is 1.69. The first-order valence-corrected chi connectivity index (χ1v) is 7.85. The standard InChI is InChI=1S/C16H18N6/c1-10-2-3-14-13(4-10)15-18-9-19-22(15)16(20-14)21-7-11-5-17-6-12(11)8-21/h2-4,9,11-12,17H,5-8H2,1H3. The fraction of sp³-hybridized carbons (Fsp3) is 0.438. The number of fused-ring (bicyclic) bond motifs is 4. The van der Waals surface area contributed by atoms with Gasteiger partial charge in [-0.15, -0.1) is 0 Å². The number of aromatic nitrogens is 4. The summed E-state index contributed by atoms with van der Waals surface area (Å²) in [6.45, 7) is 6.44. The zero-order valence-electron chi connectivity index (χ0n) is 12.5. The predicted octanol–water partition coefficient (Wildman–Crippen LogP) is 1.24. The van der Waals surface area contributed by atoms with Gasteiger partial charge in [0.25, 0.3) is 0 Å². The van der Waals surface area contributed by atoms with Crippen LogP contribution in [0.2, 0.25) is 0 Å². The average molecular weight is 294 g/mol. The summed E-state index contributed by atoms with van der Waals surface area (Å²) < 4.78 is 1.90. The molecule has 2 aliphatic rings. The van der Waals surface area contributed by atoms with Gasteiger partial charge in [0.2, 0.25) is 5.95 Å². The Labute approximate surface area is 128 Å². The van der Waals surface area contributed by atoms with Gasteiger partial charge in [0.15, 0.2) is 5.65 Å². The molecule has 0 amide bonds. The zero-order chi connectivity index (χ0) is 14.7. The van der Waals surface area contributed by atoms with Crippen LogP contribution in [0.15, 0.2) is 24.5 Å². The maximum atomic E-state index is 4.89. The summed E-state index contributed by atoms with van der Waals surface area (Å²) >= 11 is 0. The van der Waals surface area contributed by atoms with Crippen LogP contribution in [-0.4, -0.2) is 45.8 Å². The molecule has 2 atom stereocenters. The van der Waals surface area contributed by atoms with Gasteiger partial charge >= 0.3 is 0 Å². The van der Waals surface area contributed by atoms with Crippen LogP contribution in [0.5, 0.6) is 0 Å². The minimum absolute atomic E-state index is 0.731. The smallest absolute Gasteiger partial charge is 0.229 e. The van der Waals surface area contributed by atoms with Gasteiger partial charge in [-0.25, -0.2) is 9.97 Å². The summed E-state index contributed by atoms with van der Waals surface area (Å²) in [5.74, 6) is 2.39. The molecular formula is C16H18N6. The number of aryl methyl sites for hydroxylation is 1. The molecule has 0 bridgehead atoms. The van der Waals surface area contributed by atoms with E-state index in [9.17, 15) is 0 Å². The molecule has 2 unspecified atom stereocenters. The fourth-order valence-corrected chi connectivity index (χ4v) is 3.88. The molecule has 2 fully saturated rings. The number of anilines is 1. The molecule has 6 nitrogen and oxygen atoms in total. The van der Waals surface area contributed by atoms with E-state index in [1.165, 1.54) is 5.56 Å². The van der Waals surface area contributed by atoms with Crippen LogP contribution in [-0.2, 0) is 0 Å². The topological polar surface area (TPSA) is 58.4 Å². The van der Waals surface area contributed by atoms with E-state index in [-0.39, 0.29) is 0 Å². The number of nitrogens with zero attached hydrogens (tertiary/aromatic N) is 5.